The van der Waals surface area contributed by atoms with Gasteiger partial charge in [-0.2, -0.15) is 0 Å². The molecule has 1 unspecified atom stereocenters. The van der Waals surface area contributed by atoms with Gasteiger partial charge in [0, 0.05) is 32.1 Å². The van der Waals surface area contributed by atoms with Crippen LogP contribution >= 0.6 is 11.8 Å². The second-order valence-corrected chi connectivity index (χ2v) is 16.5. The Morgan fingerprint density at radius 3 is 1.19 bits per heavy atom. The maximum atomic E-state index is 13.4. The lowest BCUT2D eigenvalue weighted by Crippen LogP contribution is -2.42. The quantitative estimate of drug-likeness (QED) is 0.0328. The lowest BCUT2D eigenvalue weighted by molar-refractivity contribution is -0.168. The fourth-order valence-corrected chi connectivity index (χ4v) is 6.68. The summed E-state index contributed by atoms with van der Waals surface area (Å²) < 4.78 is 32.6. The van der Waals surface area contributed by atoms with Crippen molar-refractivity contribution in [1.29, 1.82) is 0 Å². The maximum Gasteiger partial charge on any atom is 0.326 e. The van der Waals surface area contributed by atoms with Crippen molar-refractivity contribution >= 4 is 46.8 Å². The molecule has 0 fully saturated rings. The summed E-state index contributed by atoms with van der Waals surface area (Å²) in [7, 11) is 5.26. The monoisotopic (exact) mass is 861 g/mol. The topological polar surface area (TPSA) is 164 Å². The molecule has 0 aromatic rings. The average molecular weight is 861 g/mol. The molecule has 0 saturated carbocycles. The number of hydrogen-bond acceptors (Lipinski definition) is 14. The Balaban J connectivity index is 5.58. The molecule has 0 heterocycles. The van der Waals surface area contributed by atoms with Crippen LogP contribution in [-0.2, 0) is 52.4 Å². The lowest BCUT2D eigenvalue weighted by atomic mass is 10.1. The van der Waals surface area contributed by atoms with Gasteiger partial charge in [0.2, 0.25) is 0 Å². The van der Waals surface area contributed by atoms with Gasteiger partial charge in [-0.05, 0) is 46.3 Å². The zero-order valence-electron chi connectivity index (χ0n) is 37.6. The van der Waals surface area contributed by atoms with Crippen molar-refractivity contribution in [1.82, 2.24) is 9.80 Å². The van der Waals surface area contributed by atoms with Crippen LogP contribution in [0.4, 0.5) is 4.79 Å². The van der Waals surface area contributed by atoms with E-state index in [1.165, 1.54) is 13.5 Å². The Bertz CT molecular complexity index is 1090. The highest BCUT2D eigenvalue weighted by atomic mass is 32.2. The molecule has 0 spiro atoms. The van der Waals surface area contributed by atoms with E-state index in [4.69, 9.17) is 28.4 Å². The van der Waals surface area contributed by atoms with Crippen LogP contribution in [0.15, 0.2) is 0 Å². The largest absolute Gasteiger partial charge is 0.462 e. The number of carbonyl (C=O) groups excluding carboxylic acids is 6. The van der Waals surface area contributed by atoms with E-state index < -0.39 is 60.4 Å². The summed E-state index contributed by atoms with van der Waals surface area (Å²) in [5.41, 5.74) is 0. The summed E-state index contributed by atoms with van der Waals surface area (Å²) in [5.74, 6) is -2.59. The van der Waals surface area contributed by atoms with Gasteiger partial charge in [-0.3, -0.25) is 28.8 Å². The minimum Gasteiger partial charge on any atom is -0.462 e. The highest BCUT2D eigenvalue weighted by Crippen LogP contribution is 2.14. The highest BCUT2D eigenvalue weighted by molar-refractivity contribution is 8.13. The molecular formula is C44H80N2O12S. The van der Waals surface area contributed by atoms with E-state index in [-0.39, 0.29) is 45.7 Å². The number of rotatable bonds is 39. The van der Waals surface area contributed by atoms with Crippen LogP contribution in [-0.4, -0.2) is 130 Å². The molecule has 0 aliphatic carbocycles. The SMILES string of the molecule is CCCCCCCCC(=O)OCC(COC)OC(=O)CN(CC(=O)OC(COC(=O)CCCCCCCC)COC(=O)CCCCCCCC)C(=O)SCCCN(C)C. The van der Waals surface area contributed by atoms with Gasteiger partial charge in [-0.25, -0.2) is 0 Å². The number of nitrogens with zero attached hydrogens (tertiary/aromatic N) is 2. The van der Waals surface area contributed by atoms with Gasteiger partial charge in [-0.15, -0.1) is 0 Å². The first-order valence-corrected chi connectivity index (χ1v) is 23.3. The first-order valence-electron chi connectivity index (χ1n) is 22.4. The summed E-state index contributed by atoms with van der Waals surface area (Å²) in [6.45, 7) is 5.00. The summed E-state index contributed by atoms with van der Waals surface area (Å²) >= 11 is 0.954. The Kier molecular flexibility index (Phi) is 37.3. The number of carbonyl (C=O) groups is 6. The molecule has 15 heteroatoms. The summed E-state index contributed by atoms with van der Waals surface area (Å²) in [5, 5.41) is -0.543. The fourth-order valence-electron chi connectivity index (χ4n) is 5.92. The predicted octanol–water partition coefficient (Wildman–Crippen LogP) is 8.44. The molecule has 0 radical (unpaired) electrons. The van der Waals surface area contributed by atoms with E-state index in [0.29, 0.717) is 31.4 Å². The zero-order valence-corrected chi connectivity index (χ0v) is 38.4. The van der Waals surface area contributed by atoms with Crippen molar-refractivity contribution in [2.24, 2.45) is 0 Å². The van der Waals surface area contributed by atoms with Gasteiger partial charge in [0.1, 0.15) is 32.9 Å². The minimum atomic E-state index is -1.13. The maximum absolute atomic E-state index is 13.4. The minimum absolute atomic E-state index is 0.0534. The van der Waals surface area contributed by atoms with E-state index in [2.05, 4.69) is 20.8 Å². The van der Waals surface area contributed by atoms with Gasteiger partial charge >= 0.3 is 29.8 Å². The molecule has 14 nitrogen and oxygen atoms in total. The molecule has 0 aliphatic rings. The number of unbranched alkanes of at least 4 members (excludes halogenated alkanes) is 15. The number of esters is 5. The molecular weight excluding hydrogens is 781 g/mol. The molecule has 0 rings (SSSR count). The fraction of sp³-hybridized carbons (Fsp3) is 0.864. The number of methoxy groups -OCH3 is 1. The van der Waals surface area contributed by atoms with E-state index in [1.54, 1.807) is 0 Å². The first kappa shape index (κ1) is 56.1. The molecule has 0 aromatic heterocycles. The van der Waals surface area contributed by atoms with Crippen molar-refractivity contribution in [3.63, 3.8) is 0 Å². The van der Waals surface area contributed by atoms with Crippen molar-refractivity contribution in [3.05, 3.63) is 0 Å². The number of thioether (sulfide) groups is 1. The van der Waals surface area contributed by atoms with Crippen molar-refractivity contribution in [2.75, 3.05) is 73.0 Å². The lowest BCUT2D eigenvalue weighted by Gasteiger charge is -2.24. The highest BCUT2D eigenvalue weighted by Gasteiger charge is 2.27. The van der Waals surface area contributed by atoms with E-state index in [9.17, 15) is 28.8 Å². The van der Waals surface area contributed by atoms with E-state index in [0.717, 1.165) is 113 Å². The van der Waals surface area contributed by atoms with Crippen LogP contribution in [0.3, 0.4) is 0 Å². The molecule has 59 heavy (non-hydrogen) atoms. The Hall–Kier alpha value is -2.91. The van der Waals surface area contributed by atoms with Gasteiger partial charge in [0.15, 0.2) is 12.2 Å². The third kappa shape index (κ3) is 35.5. The Morgan fingerprint density at radius 2 is 0.831 bits per heavy atom. The second-order valence-electron chi connectivity index (χ2n) is 15.4. The smallest absolute Gasteiger partial charge is 0.326 e. The third-order valence-corrected chi connectivity index (χ3v) is 10.3. The van der Waals surface area contributed by atoms with E-state index >= 15 is 0 Å². The molecule has 1 atom stereocenters. The van der Waals surface area contributed by atoms with Crippen LogP contribution < -0.4 is 0 Å². The van der Waals surface area contributed by atoms with Crippen molar-refractivity contribution in [2.45, 2.75) is 174 Å². The van der Waals surface area contributed by atoms with Crippen LogP contribution in [0.25, 0.3) is 0 Å². The molecule has 1 amide bonds. The van der Waals surface area contributed by atoms with Crippen LogP contribution in [0, 0.1) is 0 Å². The molecule has 0 N–H and O–H groups in total. The van der Waals surface area contributed by atoms with Gasteiger partial charge < -0.3 is 38.2 Å². The standard InChI is InChI=1S/C44H80N2O12S/c1-7-10-13-16-19-22-26-39(47)54-34-37(33-53-6)57-42(50)31-46(44(52)59-30-25-29-45(4)5)32-43(51)58-38(35-55-40(48)27-23-20-17-14-11-8-2)36-56-41(49)28-24-21-18-15-12-9-3/h37-38H,7-36H2,1-6H3. The Labute approximate surface area is 360 Å². The number of amides is 1. The summed E-state index contributed by atoms with van der Waals surface area (Å²) in [6, 6.07) is 0. The normalized spacial score (nSPS) is 11.7. The van der Waals surface area contributed by atoms with Crippen LogP contribution in [0.2, 0.25) is 0 Å². The van der Waals surface area contributed by atoms with Crippen LogP contribution in [0.5, 0.6) is 0 Å². The summed E-state index contributed by atoms with van der Waals surface area (Å²) in [6.07, 6.45) is 17.5. The first-order chi connectivity index (χ1) is 28.4. The molecule has 344 valence electrons. The van der Waals surface area contributed by atoms with Gasteiger partial charge in [-0.1, -0.05) is 129 Å². The molecule has 0 bridgehead atoms. The van der Waals surface area contributed by atoms with Gasteiger partial charge in [0.05, 0.1) is 6.61 Å². The molecule has 0 aliphatic heterocycles. The zero-order chi connectivity index (χ0) is 43.9. The van der Waals surface area contributed by atoms with Crippen LogP contribution in [0.1, 0.15) is 162 Å². The van der Waals surface area contributed by atoms with Crippen molar-refractivity contribution in [3.8, 4) is 0 Å². The van der Waals surface area contributed by atoms with E-state index in [1.807, 2.05) is 19.0 Å². The second kappa shape index (κ2) is 39.2. The predicted molar refractivity (Wildman–Crippen MR) is 231 cm³/mol. The van der Waals surface area contributed by atoms with Gasteiger partial charge in [0.25, 0.3) is 5.24 Å². The number of hydrogen-bond donors (Lipinski definition) is 0. The molecule has 0 aromatic carbocycles. The third-order valence-electron chi connectivity index (χ3n) is 9.32. The summed E-state index contributed by atoms with van der Waals surface area (Å²) in [4.78, 5) is 80.4. The average Bonchev–Trinajstić information content (AvgIpc) is 3.20. The Morgan fingerprint density at radius 1 is 0.475 bits per heavy atom. The van der Waals surface area contributed by atoms with Crippen molar-refractivity contribution < 1.29 is 57.2 Å². The number of ether oxygens (including phenoxy) is 6. The molecule has 0 saturated heterocycles.